The molecule has 1 aromatic carbocycles. The Morgan fingerprint density at radius 1 is 1.33 bits per heavy atom. The summed E-state index contributed by atoms with van der Waals surface area (Å²) >= 11 is 12.5. The van der Waals surface area contributed by atoms with E-state index in [1.54, 1.807) is 19.9 Å². The third-order valence-corrected chi connectivity index (χ3v) is 4.91. The van der Waals surface area contributed by atoms with Gasteiger partial charge in [0.25, 0.3) is 5.91 Å². The number of carboxylic acid groups (broad SMARTS) is 1. The third kappa shape index (κ3) is 4.26. The van der Waals surface area contributed by atoms with Gasteiger partial charge in [-0.05, 0) is 23.6 Å². The molecular weight excluding hydrogens is 366 g/mol. The highest BCUT2D eigenvalue weighted by atomic mass is 35.5. The molecule has 7 heteroatoms. The molecule has 1 unspecified atom stereocenters. The van der Waals surface area contributed by atoms with Crippen molar-refractivity contribution in [1.82, 2.24) is 4.90 Å². The molecule has 4 nitrogen and oxygen atoms in total. The molecule has 0 spiro atoms. The summed E-state index contributed by atoms with van der Waals surface area (Å²) in [5.41, 5.74) is 0.903. The highest BCUT2D eigenvalue weighted by molar-refractivity contribution is 8.26. The number of amides is 1. The van der Waals surface area contributed by atoms with Gasteiger partial charge in [0.15, 0.2) is 0 Å². The molecule has 1 saturated heterocycles. The first-order valence-electron chi connectivity index (χ1n) is 7.23. The van der Waals surface area contributed by atoms with E-state index in [2.05, 4.69) is 0 Å². The van der Waals surface area contributed by atoms with Crippen LogP contribution in [0.1, 0.15) is 19.4 Å². The molecule has 1 heterocycles. The number of carbonyl (C=O) groups is 2. The smallest absolute Gasteiger partial charge is 0.327 e. The molecule has 0 bridgehead atoms. The van der Waals surface area contributed by atoms with Gasteiger partial charge in [-0.2, -0.15) is 0 Å². The summed E-state index contributed by atoms with van der Waals surface area (Å²) in [6.45, 7) is 3.48. The van der Waals surface area contributed by atoms with Crippen LogP contribution in [0.2, 0.25) is 0 Å². The number of carboxylic acids is 1. The number of thiocarbonyl (C=S) groups is 1. The van der Waals surface area contributed by atoms with Crippen molar-refractivity contribution < 1.29 is 14.7 Å². The predicted molar refractivity (Wildman–Crippen MR) is 102 cm³/mol. The van der Waals surface area contributed by atoms with Gasteiger partial charge in [0.05, 0.1) is 4.91 Å². The number of carbonyl (C=O) groups excluding carboxylic acids is 1. The minimum Gasteiger partial charge on any atom is -0.480 e. The van der Waals surface area contributed by atoms with E-state index in [4.69, 9.17) is 23.8 Å². The Kier molecular flexibility index (Phi) is 6.21. The molecule has 0 saturated carbocycles. The quantitative estimate of drug-likeness (QED) is 0.614. The number of allylic oxidation sites excluding steroid dienone is 2. The van der Waals surface area contributed by atoms with Gasteiger partial charge in [-0.3, -0.25) is 9.69 Å². The van der Waals surface area contributed by atoms with Gasteiger partial charge in [-0.1, -0.05) is 79.8 Å². The van der Waals surface area contributed by atoms with Crippen molar-refractivity contribution in [1.29, 1.82) is 0 Å². The van der Waals surface area contributed by atoms with E-state index in [0.29, 0.717) is 9.94 Å². The number of hydrogen-bond acceptors (Lipinski definition) is 4. The second kappa shape index (κ2) is 7.96. The Balaban J connectivity index is 2.28. The molecule has 2 rings (SSSR count). The molecule has 1 fully saturated rings. The largest absolute Gasteiger partial charge is 0.480 e. The SMILES string of the molecule is CC(C)C(C(=O)O)N1C(=O)C(=CC(Cl)=Cc2ccccc2)SC1=S. The van der Waals surface area contributed by atoms with Crippen LogP contribution < -0.4 is 0 Å². The van der Waals surface area contributed by atoms with E-state index in [-0.39, 0.29) is 10.2 Å². The van der Waals surface area contributed by atoms with Crippen molar-refractivity contribution in [3.05, 3.63) is 51.9 Å². The molecule has 126 valence electrons. The molecule has 0 aromatic heterocycles. The topological polar surface area (TPSA) is 57.6 Å². The maximum Gasteiger partial charge on any atom is 0.327 e. The highest BCUT2D eigenvalue weighted by Gasteiger charge is 2.41. The first kappa shape index (κ1) is 18.7. The minimum absolute atomic E-state index is 0.233. The number of rotatable bonds is 5. The molecule has 1 N–H and O–H groups in total. The van der Waals surface area contributed by atoms with Crippen molar-refractivity contribution >= 4 is 57.9 Å². The molecule has 1 atom stereocenters. The summed E-state index contributed by atoms with van der Waals surface area (Å²) < 4.78 is 0.233. The summed E-state index contributed by atoms with van der Waals surface area (Å²) in [5, 5.41) is 9.76. The monoisotopic (exact) mass is 381 g/mol. The normalized spacial score (nSPS) is 18.6. The van der Waals surface area contributed by atoms with Crippen molar-refractivity contribution in [2.45, 2.75) is 19.9 Å². The number of nitrogens with zero attached hydrogens (tertiary/aromatic N) is 1. The average molecular weight is 382 g/mol. The number of thioether (sulfide) groups is 1. The van der Waals surface area contributed by atoms with Crippen LogP contribution in [-0.4, -0.2) is 32.2 Å². The van der Waals surface area contributed by atoms with Crippen molar-refractivity contribution in [3.63, 3.8) is 0 Å². The van der Waals surface area contributed by atoms with Gasteiger partial charge < -0.3 is 5.11 Å². The van der Waals surface area contributed by atoms with Gasteiger partial charge in [-0.25, -0.2) is 4.79 Å². The van der Waals surface area contributed by atoms with Crippen LogP contribution in [0, 0.1) is 5.92 Å². The van der Waals surface area contributed by atoms with Crippen molar-refractivity contribution in [2.24, 2.45) is 5.92 Å². The Labute approximate surface area is 155 Å². The van der Waals surface area contributed by atoms with Gasteiger partial charge >= 0.3 is 5.97 Å². The van der Waals surface area contributed by atoms with Crippen LogP contribution in [-0.2, 0) is 9.59 Å². The van der Waals surface area contributed by atoms with E-state index >= 15 is 0 Å². The van der Waals surface area contributed by atoms with Crippen LogP contribution >= 0.6 is 35.6 Å². The van der Waals surface area contributed by atoms with Crippen molar-refractivity contribution in [3.8, 4) is 0 Å². The first-order valence-corrected chi connectivity index (χ1v) is 8.83. The lowest BCUT2D eigenvalue weighted by atomic mass is 10.0. The fourth-order valence-corrected chi connectivity index (χ4v) is 3.91. The Morgan fingerprint density at radius 2 is 1.96 bits per heavy atom. The fourth-order valence-electron chi connectivity index (χ4n) is 2.29. The molecular formula is C17H16ClNO3S2. The van der Waals surface area contributed by atoms with Gasteiger partial charge in [0.2, 0.25) is 0 Å². The standard InChI is InChI=1S/C17H16ClNO3S2/c1-10(2)14(16(21)22)19-15(20)13(24-17(19)23)9-12(18)8-11-6-4-3-5-7-11/h3-10,14H,1-2H3,(H,21,22). The number of aliphatic carboxylic acids is 1. The maximum absolute atomic E-state index is 12.6. The number of benzene rings is 1. The first-order chi connectivity index (χ1) is 11.3. The molecule has 0 aliphatic carbocycles. The Morgan fingerprint density at radius 3 is 2.50 bits per heavy atom. The highest BCUT2D eigenvalue weighted by Crippen LogP contribution is 2.35. The van der Waals surface area contributed by atoms with Gasteiger partial charge in [0.1, 0.15) is 10.4 Å². The summed E-state index contributed by atoms with van der Waals surface area (Å²) in [6.07, 6.45) is 3.25. The molecule has 1 aliphatic heterocycles. The minimum atomic E-state index is -1.08. The molecule has 1 amide bonds. The summed E-state index contributed by atoms with van der Waals surface area (Å²) in [4.78, 5) is 25.5. The second-order valence-corrected chi connectivity index (χ2v) is 7.63. The van der Waals surface area contributed by atoms with Crippen molar-refractivity contribution in [2.75, 3.05) is 0 Å². The number of halogens is 1. The third-order valence-electron chi connectivity index (χ3n) is 3.36. The van der Waals surface area contributed by atoms with Gasteiger partial charge in [0, 0.05) is 5.03 Å². The van der Waals surface area contributed by atoms with E-state index in [1.165, 1.54) is 6.08 Å². The maximum atomic E-state index is 12.6. The van der Waals surface area contributed by atoms with E-state index in [9.17, 15) is 14.7 Å². The molecule has 0 radical (unpaired) electrons. The lowest BCUT2D eigenvalue weighted by Crippen LogP contribution is -2.47. The van der Waals surface area contributed by atoms with Crippen LogP contribution in [0.15, 0.2) is 46.3 Å². The molecule has 1 aromatic rings. The average Bonchev–Trinajstić information content (AvgIpc) is 2.75. The van der Waals surface area contributed by atoms with Crippen LogP contribution in [0.25, 0.3) is 6.08 Å². The summed E-state index contributed by atoms with van der Waals surface area (Å²) in [7, 11) is 0. The molecule has 1 aliphatic rings. The second-order valence-electron chi connectivity index (χ2n) is 5.52. The van der Waals surface area contributed by atoms with Gasteiger partial charge in [-0.15, -0.1) is 0 Å². The number of hydrogen-bond donors (Lipinski definition) is 1. The summed E-state index contributed by atoms with van der Waals surface area (Å²) in [6, 6.07) is 8.46. The van der Waals surface area contributed by atoms with Crippen LogP contribution in [0.5, 0.6) is 0 Å². The Bertz CT molecular complexity index is 729. The predicted octanol–water partition coefficient (Wildman–Crippen LogP) is 4.12. The van der Waals surface area contributed by atoms with Crippen LogP contribution in [0.3, 0.4) is 0 Å². The lowest BCUT2D eigenvalue weighted by molar-refractivity contribution is -0.146. The molecule has 24 heavy (non-hydrogen) atoms. The van der Waals surface area contributed by atoms with Crippen LogP contribution in [0.4, 0.5) is 0 Å². The zero-order valence-corrected chi connectivity index (χ0v) is 15.5. The summed E-state index contributed by atoms with van der Waals surface area (Å²) in [5.74, 6) is -1.76. The van der Waals surface area contributed by atoms with E-state index < -0.39 is 17.9 Å². The van der Waals surface area contributed by atoms with E-state index in [1.807, 2.05) is 30.3 Å². The fraction of sp³-hybridized carbons (Fsp3) is 0.235. The Hall–Kier alpha value is -1.63. The van der Waals surface area contributed by atoms with E-state index in [0.717, 1.165) is 22.2 Å². The zero-order chi connectivity index (χ0) is 17.9. The zero-order valence-electron chi connectivity index (χ0n) is 13.1. The lowest BCUT2D eigenvalue weighted by Gasteiger charge is -2.26.